The average molecular weight is 274 g/mol. The number of carbonyl (C=O) groups excluding carboxylic acids is 1. The number of hydrogen-bond acceptors (Lipinski definition) is 3. The van der Waals surface area contributed by atoms with Crippen LogP contribution >= 0.6 is 23.4 Å². The van der Waals surface area contributed by atoms with Crippen LogP contribution in [0.15, 0.2) is 29.2 Å². The molecule has 0 aliphatic carbocycles. The molecular weight excluding hydrogens is 262 g/mol. The van der Waals surface area contributed by atoms with Crippen molar-refractivity contribution < 1.29 is 14.7 Å². The van der Waals surface area contributed by atoms with Gasteiger partial charge >= 0.3 is 5.97 Å². The van der Waals surface area contributed by atoms with Gasteiger partial charge < -0.3 is 10.4 Å². The lowest BCUT2D eigenvalue weighted by Gasteiger charge is -2.08. The molecule has 1 unspecified atom stereocenters. The van der Waals surface area contributed by atoms with Crippen LogP contribution in [0.1, 0.15) is 6.92 Å². The molecule has 0 aliphatic rings. The van der Waals surface area contributed by atoms with Crippen molar-refractivity contribution in [1.29, 1.82) is 0 Å². The number of thioether (sulfide) groups is 1. The highest BCUT2D eigenvalue weighted by Crippen LogP contribution is 2.21. The van der Waals surface area contributed by atoms with Crippen LogP contribution in [0.3, 0.4) is 0 Å². The fourth-order valence-electron chi connectivity index (χ4n) is 1.05. The minimum Gasteiger partial charge on any atom is -0.480 e. The van der Waals surface area contributed by atoms with E-state index in [2.05, 4.69) is 5.32 Å². The Kier molecular flexibility index (Phi) is 5.31. The van der Waals surface area contributed by atoms with Crippen molar-refractivity contribution >= 4 is 35.2 Å². The van der Waals surface area contributed by atoms with Gasteiger partial charge in [0.25, 0.3) is 0 Å². The molecule has 1 aromatic carbocycles. The largest absolute Gasteiger partial charge is 0.480 e. The average Bonchev–Trinajstić information content (AvgIpc) is 2.26. The first-order valence-electron chi connectivity index (χ1n) is 4.89. The van der Waals surface area contributed by atoms with Gasteiger partial charge in [-0.2, -0.15) is 0 Å². The first kappa shape index (κ1) is 13.9. The van der Waals surface area contributed by atoms with Gasteiger partial charge in [-0.15, -0.1) is 11.8 Å². The molecule has 2 N–H and O–H groups in total. The lowest BCUT2D eigenvalue weighted by molar-refractivity contribution is -0.140. The van der Waals surface area contributed by atoms with E-state index < -0.39 is 12.0 Å². The highest BCUT2D eigenvalue weighted by atomic mass is 35.5. The molecular formula is C11H12ClNO3S. The van der Waals surface area contributed by atoms with Gasteiger partial charge in [-0.05, 0) is 25.1 Å². The predicted octanol–water partition coefficient (Wildman–Crippen LogP) is 2.02. The number of halogens is 1. The second kappa shape index (κ2) is 6.51. The van der Waals surface area contributed by atoms with E-state index in [-0.39, 0.29) is 11.7 Å². The smallest absolute Gasteiger partial charge is 0.325 e. The summed E-state index contributed by atoms with van der Waals surface area (Å²) >= 11 is 7.10. The van der Waals surface area contributed by atoms with Crippen molar-refractivity contribution in [3.05, 3.63) is 29.3 Å². The second-order valence-electron chi connectivity index (χ2n) is 3.37. The van der Waals surface area contributed by atoms with Gasteiger partial charge in [-0.3, -0.25) is 9.59 Å². The van der Waals surface area contributed by atoms with Crippen molar-refractivity contribution in [1.82, 2.24) is 5.32 Å². The zero-order valence-electron chi connectivity index (χ0n) is 9.14. The Morgan fingerprint density at radius 2 is 2.24 bits per heavy atom. The van der Waals surface area contributed by atoms with Crippen LogP contribution in [0.2, 0.25) is 5.02 Å². The molecule has 0 aromatic heterocycles. The van der Waals surface area contributed by atoms with Gasteiger partial charge in [0.1, 0.15) is 6.04 Å². The van der Waals surface area contributed by atoms with Gasteiger partial charge in [0.15, 0.2) is 0 Å². The second-order valence-corrected chi connectivity index (χ2v) is 4.86. The molecule has 4 nitrogen and oxygen atoms in total. The van der Waals surface area contributed by atoms with E-state index in [4.69, 9.17) is 16.7 Å². The molecule has 0 radical (unpaired) electrons. The van der Waals surface area contributed by atoms with E-state index in [0.717, 1.165) is 4.90 Å². The molecule has 17 heavy (non-hydrogen) atoms. The minimum absolute atomic E-state index is 0.165. The monoisotopic (exact) mass is 273 g/mol. The van der Waals surface area contributed by atoms with Crippen molar-refractivity contribution in [2.45, 2.75) is 17.9 Å². The van der Waals surface area contributed by atoms with Gasteiger partial charge in [-0.1, -0.05) is 17.7 Å². The van der Waals surface area contributed by atoms with Gasteiger partial charge in [0.2, 0.25) is 5.91 Å². The van der Waals surface area contributed by atoms with Crippen LogP contribution in [0.5, 0.6) is 0 Å². The third-order valence-corrected chi connectivity index (χ3v) is 3.14. The number of nitrogens with one attached hydrogen (secondary N) is 1. The maximum atomic E-state index is 11.4. The Morgan fingerprint density at radius 1 is 1.53 bits per heavy atom. The number of amides is 1. The SMILES string of the molecule is CC(NC(=O)CSc1cccc(Cl)c1)C(=O)O. The minimum atomic E-state index is -1.05. The van der Waals surface area contributed by atoms with Gasteiger partial charge in [0, 0.05) is 9.92 Å². The molecule has 0 saturated heterocycles. The van der Waals surface area contributed by atoms with Crippen molar-refractivity contribution in [2.24, 2.45) is 0 Å². The first-order chi connectivity index (χ1) is 7.99. The van der Waals surface area contributed by atoms with Crippen LogP contribution in [0, 0.1) is 0 Å². The molecule has 0 heterocycles. The number of carboxylic acids is 1. The molecule has 1 amide bonds. The van der Waals surface area contributed by atoms with Crippen LogP contribution < -0.4 is 5.32 Å². The highest BCUT2D eigenvalue weighted by Gasteiger charge is 2.13. The van der Waals surface area contributed by atoms with E-state index in [0.29, 0.717) is 5.02 Å². The fraction of sp³-hybridized carbons (Fsp3) is 0.273. The summed E-state index contributed by atoms with van der Waals surface area (Å²) in [5.74, 6) is -1.20. The van der Waals surface area contributed by atoms with Gasteiger partial charge in [0.05, 0.1) is 5.75 Å². The summed E-state index contributed by atoms with van der Waals surface area (Å²) in [5.41, 5.74) is 0. The number of hydrogen-bond donors (Lipinski definition) is 2. The summed E-state index contributed by atoms with van der Waals surface area (Å²) in [7, 11) is 0. The summed E-state index contributed by atoms with van der Waals surface area (Å²) in [6.45, 7) is 1.42. The van der Waals surface area contributed by atoms with Crippen LogP contribution in [0.25, 0.3) is 0 Å². The molecule has 1 aromatic rings. The van der Waals surface area contributed by atoms with Crippen LogP contribution in [0.4, 0.5) is 0 Å². The lowest BCUT2D eigenvalue weighted by atomic mass is 10.3. The normalized spacial score (nSPS) is 11.9. The van der Waals surface area contributed by atoms with Crippen molar-refractivity contribution in [2.75, 3.05) is 5.75 Å². The molecule has 1 rings (SSSR count). The summed E-state index contributed by atoms with van der Waals surface area (Å²) < 4.78 is 0. The van der Waals surface area contributed by atoms with Crippen molar-refractivity contribution in [3.8, 4) is 0 Å². The zero-order chi connectivity index (χ0) is 12.8. The summed E-state index contributed by atoms with van der Waals surface area (Å²) in [6, 6.07) is 6.26. The third-order valence-electron chi connectivity index (χ3n) is 1.91. The molecule has 0 bridgehead atoms. The first-order valence-corrected chi connectivity index (χ1v) is 6.26. The Bertz CT molecular complexity index is 425. The number of carbonyl (C=O) groups is 2. The summed E-state index contributed by atoms with van der Waals surface area (Å²) in [5, 5.41) is 11.6. The molecule has 0 fully saturated rings. The molecule has 92 valence electrons. The number of rotatable bonds is 5. The van der Waals surface area contributed by atoms with E-state index in [1.54, 1.807) is 18.2 Å². The Balaban J connectivity index is 2.41. The summed E-state index contributed by atoms with van der Waals surface area (Å²) in [4.78, 5) is 22.8. The molecule has 0 aliphatic heterocycles. The Morgan fingerprint density at radius 3 is 2.82 bits per heavy atom. The van der Waals surface area contributed by atoms with Gasteiger partial charge in [-0.25, -0.2) is 0 Å². The Hall–Kier alpha value is -1.20. The molecule has 0 saturated carbocycles. The van der Waals surface area contributed by atoms with Crippen LogP contribution in [-0.4, -0.2) is 28.8 Å². The number of benzene rings is 1. The Labute approximate surface area is 108 Å². The lowest BCUT2D eigenvalue weighted by Crippen LogP contribution is -2.39. The van der Waals surface area contributed by atoms with E-state index >= 15 is 0 Å². The maximum absolute atomic E-state index is 11.4. The fourth-order valence-corrected chi connectivity index (χ4v) is 2.07. The maximum Gasteiger partial charge on any atom is 0.325 e. The highest BCUT2D eigenvalue weighted by molar-refractivity contribution is 8.00. The predicted molar refractivity (Wildman–Crippen MR) is 67.4 cm³/mol. The van der Waals surface area contributed by atoms with E-state index in [1.807, 2.05) is 6.07 Å². The van der Waals surface area contributed by atoms with Crippen molar-refractivity contribution in [3.63, 3.8) is 0 Å². The number of carboxylic acid groups (broad SMARTS) is 1. The van der Waals surface area contributed by atoms with Crippen LogP contribution in [-0.2, 0) is 9.59 Å². The van der Waals surface area contributed by atoms with E-state index in [1.165, 1.54) is 18.7 Å². The molecule has 1 atom stereocenters. The quantitative estimate of drug-likeness (QED) is 0.806. The standard InChI is InChI=1S/C11H12ClNO3S/c1-7(11(15)16)13-10(14)6-17-9-4-2-3-8(12)5-9/h2-5,7H,6H2,1H3,(H,13,14)(H,15,16). The number of aliphatic carboxylic acids is 1. The van der Waals surface area contributed by atoms with E-state index in [9.17, 15) is 9.59 Å². The topological polar surface area (TPSA) is 66.4 Å². The summed E-state index contributed by atoms with van der Waals surface area (Å²) in [6.07, 6.45) is 0. The third kappa shape index (κ3) is 5.10. The molecule has 0 spiro atoms. The molecule has 6 heteroatoms. The zero-order valence-corrected chi connectivity index (χ0v) is 10.7.